The molecule has 2 N–H and O–H groups in total. The van der Waals surface area contributed by atoms with E-state index in [0.717, 1.165) is 43.3 Å². The van der Waals surface area contributed by atoms with Crippen LogP contribution in [-0.2, 0) is 11.3 Å². The average Bonchev–Trinajstić information content (AvgIpc) is 2.89. The zero-order chi connectivity index (χ0) is 13.1. The normalized spacial score (nSPS) is 19.5. The van der Waals surface area contributed by atoms with E-state index in [1.165, 1.54) is 6.42 Å². The zero-order valence-corrected chi connectivity index (χ0v) is 10.7. The molecule has 100 valence electrons. The predicted molar refractivity (Wildman–Crippen MR) is 71.2 cm³/mol. The van der Waals surface area contributed by atoms with Crippen LogP contribution in [0.25, 0.3) is 11.4 Å². The lowest BCUT2D eigenvalue weighted by Gasteiger charge is -2.21. The maximum atomic E-state index is 5.69. The molecule has 1 saturated heterocycles. The topological polar surface area (TPSA) is 78.9 Å². The van der Waals surface area contributed by atoms with Crippen LogP contribution in [0, 0.1) is 5.92 Å². The second-order valence-corrected chi connectivity index (χ2v) is 4.89. The second-order valence-electron chi connectivity index (χ2n) is 4.89. The molecule has 1 aromatic heterocycles. The lowest BCUT2D eigenvalue weighted by molar-refractivity contribution is 0.0470. The van der Waals surface area contributed by atoms with Crippen molar-refractivity contribution in [3.8, 4) is 11.4 Å². The summed E-state index contributed by atoms with van der Waals surface area (Å²) in [5.41, 5.74) is 7.41. The number of nitrogens with two attached hydrogens (primary N) is 1. The fourth-order valence-corrected chi connectivity index (χ4v) is 2.36. The maximum Gasteiger partial charge on any atom is 0.182 e. The quantitative estimate of drug-likeness (QED) is 0.842. The van der Waals surface area contributed by atoms with Crippen molar-refractivity contribution in [1.82, 2.24) is 20.2 Å². The molecule has 6 heteroatoms. The molecule has 0 aliphatic carbocycles. The highest BCUT2D eigenvalue weighted by Gasteiger charge is 2.17. The summed E-state index contributed by atoms with van der Waals surface area (Å²) in [6.07, 6.45) is 2.28. The Morgan fingerprint density at radius 1 is 1.32 bits per heavy atom. The Morgan fingerprint density at radius 3 is 2.89 bits per heavy atom. The summed E-state index contributed by atoms with van der Waals surface area (Å²) in [6.45, 7) is 2.46. The number of tetrazole rings is 1. The number of ether oxygens (including phenoxy) is 1. The molecule has 1 fully saturated rings. The Balaban J connectivity index is 1.79. The van der Waals surface area contributed by atoms with Gasteiger partial charge in [0.05, 0.1) is 13.2 Å². The van der Waals surface area contributed by atoms with E-state index in [9.17, 15) is 0 Å². The van der Waals surface area contributed by atoms with Crippen molar-refractivity contribution >= 4 is 5.69 Å². The van der Waals surface area contributed by atoms with Gasteiger partial charge in [-0.25, -0.2) is 4.68 Å². The van der Waals surface area contributed by atoms with Crippen LogP contribution in [0.1, 0.15) is 12.8 Å². The molecule has 19 heavy (non-hydrogen) atoms. The van der Waals surface area contributed by atoms with Gasteiger partial charge in [0.15, 0.2) is 5.82 Å². The summed E-state index contributed by atoms with van der Waals surface area (Å²) in [6, 6.07) is 7.60. The molecule has 0 saturated carbocycles. The first kappa shape index (κ1) is 12.1. The van der Waals surface area contributed by atoms with Crippen LogP contribution in [0.5, 0.6) is 0 Å². The van der Waals surface area contributed by atoms with Crippen molar-refractivity contribution in [3.63, 3.8) is 0 Å². The molecule has 1 unspecified atom stereocenters. The number of aromatic nitrogens is 4. The van der Waals surface area contributed by atoms with Gasteiger partial charge in [0.2, 0.25) is 0 Å². The minimum atomic E-state index is 0.491. The molecule has 0 amide bonds. The van der Waals surface area contributed by atoms with E-state index in [0.29, 0.717) is 5.92 Å². The number of nitrogens with zero attached hydrogens (tertiary/aromatic N) is 4. The van der Waals surface area contributed by atoms with Crippen LogP contribution >= 0.6 is 0 Å². The molecular formula is C13H17N5O. The molecule has 1 aromatic carbocycles. The van der Waals surface area contributed by atoms with Gasteiger partial charge < -0.3 is 10.5 Å². The van der Waals surface area contributed by atoms with Gasteiger partial charge in [-0.05, 0) is 47.5 Å². The van der Waals surface area contributed by atoms with Crippen LogP contribution in [0.15, 0.2) is 24.3 Å². The fraction of sp³-hybridized carbons (Fsp3) is 0.462. The number of benzene rings is 1. The number of rotatable bonds is 3. The van der Waals surface area contributed by atoms with Crippen molar-refractivity contribution in [1.29, 1.82) is 0 Å². The SMILES string of the molecule is Nc1ccc(-c2nnnn2CC2CCCOC2)cc1. The molecule has 6 nitrogen and oxygen atoms in total. The Labute approximate surface area is 111 Å². The molecular weight excluding hydrogens is 242 g/mol. The van der Waals surface area contributed by atoms with Gasteiger partial charge in [-0.1, -0.05) is 0 Å². The maximum absolute atomic E-state index is 5.69. The second kappa shape index (κ2) is 5.36. The van der Waals surface area contributed by atoms with Crippen molar-refractivity contribution in [2.45, 2.75) is 19.4 Å². The van der Waals surface area contributed by atoms with Gasteiger partial charge in [0.1, 0.15) is 0 Å². The van der Waals surface area contributed by atoms with Crippen molar-refractivity contribution in [2.24, 2.45) is 5.92 Å². The van der Waals surface area contributed by atoms with E-state index in [4.69, 9.17) is 10.5 Å². The van der Waals surface area contributed by atoms with Crippen LogP contribution < -0.4 is 5.73 Å². The first-order valence-electron chi connectivity index (χ1n) is 6.53. The third kappa shape index (κ3) is 2.73. The average molecular weight is 259 g/mol. The summed E-state index contributed by atoms with van der Waals surface area (Å²) in [7, 11) is 0. The number of hydrogen-bond donors (Lipinski definition) is 1. The third-order valence-electron chi connectivity index (χ3n) is 3.39. The number of nitrogen functional groups attached to an aromatic ring is 1. The number of hydrogen-bond acceptors (Lipinski definition) is 5. The Morgan fingerprint density at radius 2 is 2.16 bits per heavy atom. The standard InChI is InChI=1S/C13H17N5O/c14-12-5-3-11(4-6-12)13-15-16-17-18(13)8-10-2-1-7-19-9-10/h3-6,10H,1-2,7-9,14H2. The van der Waals surface area contributed by atoms with Crippen LogP contribution in [-0.4, -0.2) is 33.4 Å². The highest BCUT2D eigenvalue weighted by atomic mass is 16.5. The molecule has 3 rings (SSSR count). The Kier molecular flexibility index (Phi) is 3.41. The summed E-state index contributed by atoms with van der Waals surface area (Å²) >= 11 is 0. The summed E-state index contributed by atoms with van der Waals surface area (Å²) < 4.78 is 7.35. The smallest absolute Gasteiger partial charge is 0.182 e. The lowest BCUT2D eigenvalue weighted by atomic mass is 10.0. The first-order valence-corrected chi connectivity index (χ1v) is 6.53. The minimum Gasteiger partial charge on any atom is -0.399 e. The monoisotopic (exact) mass is 259 g/mol. The Bertz CT molecular complexity index is 530. The minimum absolute atomic E-state index is 0.491. The van der Waals surface area contributed by atoms with E-state index in [-0.39, 0.29) is 0 Å². The molecule has 2 aromatic rings. The van der Waals surface area contributed by atoms with E-state index < -0.39 is 0 Å². The highest BCUT2D eigenvalue weighted by Crippen LogP contribution is 2.20. The van der Waals surface area contributed by atoms with E-state index in [1.54, 1.807) is 0 Å². The number of anilines is 1. The Hall–Kier alpha value is -1.95. The van der Waals surface area contributed by atoms with Gasteiger partial charge in [-0.15, -0.1) is 5.10 Å². The molecule has 1 atom stereocenters. The third-order valence-corrected chi connectivity index (χ3v) is 3.39. The van der Waals surface area contributed by atoms with Crippen molar-refractivity contribution in [3.05, 3.63) is 24.3 Å². The van der Waals surface area contributed by atoms with Gasteiger partial charge in [-0.2, -0.15) is 0 Å². The van der Waals surface area contributed by atoms with Crippen LogP contribution in [0.3, 0.4) is 0 Å². The van der Waals surface area contributed by atoms with Crippen molar-refractivity contribution < 1.29 is 4.74 Å². The largest absolute Gasteiger partial charge is 0.399 e. The molecule has 0 bridgehead atoms. The summed E-state index contributed by atoms with van der Waals surface area (Å²) in [5.74, 6) is 1.27. The first-order chi connectivity index (χ1) is 9.33. The van der Waals surface area contributed by atoms with Crippen LogP contribution in [0.4, 0.5) is 5.69 Å². The van der Waals surface area contributed by atoms with E-state index in [1.807, 2.05) is 28.9 Å². The van der Waals surface area contributed by atoms with Gasteiger partial charge in [0, 0.05) is 23.8 Å². The fourth-order valence-electron chi connectivity index (χ4n) is 2.36. The van der Waals surface area contributed by atoms with Crippen molar-refractivity contribution in [2.75, 3.05) is 18.9 Å². The molecule has 0 radical (unpaired) electrons. The van der Waals surface area contributed by atoms with Gasteiger partial charge in [0.25, 0.3) is 0 Å². The van der Waals surface area contributed by atoms with Gasteiger partial charge >= 0.3 is 0 Å². The van der Waals surface area contributed by atoms with E-state index >= 15 is 0 Å². The molecule has 1 aliphatic rings. The summed E-state index contributed by atoms with van der Waals surface area (Å²) in [5, 5.41) is 12.0. The van der Waals surface area contributed by atoms with E-state index in [2.05, 4.69) is 15.5 Å². The summed E-state index contributed by atoms with van der Waals surface area (Å²) in [4.78, 5) is 0. The zero-order valence-electron chi connectivity index (χ0n) is 10.7. The van der Waals surface area contributed by atoms with Gasteiger partial charge in [-0.3, -0.25) is 0 Å². The molecule has 2 heterocycles. The lowest BCUT2D eigenvalue weighted by Crippen LogP contribution is -2.23. The molecule has 0 spiro atoms. The van der Waals surface area contributed by atoms with Crippen LogP contribution in [0.2, 0.25) is 0 Å². The highest BCUT2D eigenvalue weighted by molar-refractivity contribution is 5.58. The predicted octanol–water partition coefficient (Wildman–Crippen LogP) is 1.35. The molecule has 1 aliphatic heterocycles.